The van der Waals surface area contributed by atoms with Gasteiger partial charge in [0, 0.05) is 11.3 Å². The largest absolute Gasteiger partial charge is 0.347 e. The molecule has 0 spiro atoms. The van der Waals surface area contributed by atoms with Crippen LogP contribution in [0.15, 0.2) is 30.3 Å². The van der Waals surface area contributed by atoms with Gasteiger partial charge in [0.1, 0.15) is 0 Å². The van der Waals surface area contributed by atoms with Crippen molar-refractivity contribution >= 4 is 28.3 Å². The first kappa shape index (κ1) is 16.6. The lowest BCUT2D eigenvalue weighted by atomic mass is 9.85. The number of carbonyl (C=O) groups is 2. The number of amides is 2. The average molecular weight is 343 g/mol. The summed E-state index contributed by atoms with van der Waals surface area (Å²) in [7, 11) is 0. The maximum atomic E-state index is 11.9. The number of carbonyl (C=O) groups excluding carboxylic acids is 2. The first-order valence-corrected chi connectivity index (χ1v) is 9.07. The summed E-state index contributed by atoms with van der Waals surface area (Å²) in [6.45, 7) is 1.74. The van der Waals surface area contributed by atoms with Crippen molar-refractivity contribution in [3.63, 3.8) is 0 Å². The molecule has 1 atom stereocenters. The van der Waals surface area contributed by atoms with Crippen LogP contribution in [0, 0.1) is 0 Å². The van der Waals surface area contributed by atoms with Gasteiger partial charge in [-0.2, -0.15) is 0 Å². The van der Waals surface area contributed by atoms with Gasteiger partial charge in [-0.25, -0.2) is 4.98 Å². The smallest absolute Gasteiger partial charge is 0.245 e. The number of rotatable bonds is 5. The van der Waals surface area contributed by atoms with Gasteiger partial charge in [0.2, 0.25) is 11.8 Å². The van der Waals surface area contributed by atoms with E-state index in [4.69, 9.17) is 0 Å². The molecule has 1 aromatic heterocycles. The highest BCUT2D eigenvalue weighted by molar-refractivity contribution is 7.15. The van der Waals surface area contributed by atoms with E-state index in [2.05, 4.69) is 39.9 Å². The lowest BCUT2D eigenvalue weighted by Crippen LogP contribution is -2.32. The van der Waals surface area contributed by atoms with Crippen molar-refractivity contribution in [2.24, 2.45) is 0 Å². The molecule has 1 aliphatic rings. The first-order valence-electron chi connectivity index (χ1n) is 8.25. The number of fused-ring (bicyclic) bond motifs is 1. The highest BCUT2D eigenvalue weighted by Gasteiger charge is 2.24. The Labute approximate surface area is 145 Å². The van der Waals surface area contributed by atoms with Gasteiger partial charge in [0.05, 0.1) is 12.2 Å². The number of hydrogen-bond acceptors (Lipinski definition) is 4. The SMILES string of the molecule is CCC(=O)NCC(=O)Nc1nc2c(s1)C[C@H](c1ccccc1)CC2. The van der Waals surface area contributed by atoms with Gasteiger partial charge >= 0.3 is 0 Å². The zero-order chi connectivity index (χ0) is 16.9. The molecule has 1 heterocycles. The third kappa shape index (κ3) is 4.00. The van der Waals surface area contributed by atoms with Crippen LogP contribution in [-0.4, -0.2) is 23.3 Å². The molecule has 0 bridgehead atoms. The monoisotopic (exact) mass is 343 g/mol. The van der Waals surface area contributed by atoms with E-state index >= 15 is 0 Å². The van der Waals surface area contributed by atoms with E-state index in [0.29, 0.717) is 17.5 Å². The van der Waals surface area contributed by atoms with Crippen molar-refractivity contribution in [2.45, 2.75) is 38.5 Å². The molecule has 0 unspecified atom stereocenters. The maximum Gasteiger partial charge on any atom is 0.245 e. The van der Waals surface area contributed by atoms with E-state index in [1.807, 2.05) is 6.07 Å². The number of nitrogens with zero attached hydrogens (tertiary/aromatic N) is 1. The van der Waals surface area contributed by atoms with E-state index < -0.39 is 0 Å². The van der Waals surface area contributed by atoms with E-state index in [0.717, 1.165) is 25.0 Å². The van der Waals surface area contributed by atoms with Crippen molar-refractivity contribution in [1.29, 1.82) is 0 Å². The molecule has 6 heteroatoms. The van der Waals surface area contributed by atoms with Gasteiger partial charge in [-0.05, 0) is 30.7 Å². The minimum atomic E-state index is -0.234. The molecule has 1 aliphatic carbocycles. The van der Waals surface area contributed by atoms with Gasteiger partial charge in [-0.1, -0.05) is 37.3 Å². The molecular weight excluding hydrogens is 322 g/mol. The summed E-state index contributed by atoms with van der Waals surface area (Å²) in [5.41, 5.74) is 2.46. The van der Waals surface area contributed by atoms with Gasteiger partial charge in [0.25, 0.3) is 0 Å². The molecule has 5 nitrogen and oxygen atoms in total. The summed E-state index contributed by atoms with van der Waals surface area (Å²) >= 11 is 1.55. The summed E-state index contributed by atoms with van der Waals surface area (Å²) in [5, 5.41) is 5.98. The highest BCUT2D eigenvalue weighted by Crippen LogP contribution is 2.36. The zero-order valence-electron chi connectivity index (χ0n) is 13.7. The number of aromatic nitrogens is 1. The number of hydrogen-bond donors (Lipinski definition) is 2. The average Bonchev–Trinajstić information content (AvgIpc) is 3.01. The Hall–Kier alpha value is -2.21. The number of aryl methyl sites for hydroxylation is 1. The predicted octanol–water partition coefficient (Wildman–Crippen LogP) is 2.88. The quantitative estimate of drug-likeness (QED) is 0.877. The normalized spacial score (nSPS) is 16.3. The summed E-state index contributed by atoms with van der Waals surface area (Å²) in [4.78, 5) is 28.9. The topological polar surface area (TPSA) is 71.1 Å². The van der Waals surface area contributed by atoms with Crippen molar-refractivity contribution in [3.05, 3.63) is 46.5 Å². The van der Waals surface area contributed by atoms with Crippen LogP contribution < -0.4 is 10.6 Å². The Morgan fingerprint density at radius 1 is 1.25 bits per heavy atom. The number of thiazole rings is 1. The van der Waals surface area contributed by atoms with Crippen LogP contribution in [0.5, 0.6) is 0 Å². The van der Waals surface area contributed by atoms with Crippen LogP contribution in [0.25, 0.3) is 0 Å². The second-order valence-electron chi connectivity index (χ2n) is 5.92. The number of nitrogens with one attached hydrogen (secondary N) is 2. The van der Waals surface area contributed by atoms with E-state index in [1.165, 1.54) is 10.4 Å². The lowest BCUT2D eigenvalue weighted by molar-refractivity contribution is -0.123. The highest BCUT2D eigenvalue weighted by atomic mass is 32.1. The van der Waals surface area contributed by atoms with Crippen LogP contribution in [0.4, 0.5) is 5.13 Å². The van der Waals surface area contributed by atoms with Crippen LogP contribution in [0.2, 0.25) is 0 Å². The van der Waals surface area contributed by atoms with Crippen molar-refractivity contribution in [3.8, 4) is 0 Å². The van der Waals surface area contributed by atoms with E-state index in [9.17, 15) is 9.59 Å². The van der Waals surface area contributed by atoms with E-state index in [-0.39, 0.29) is 18.4 Å². The van der Waals surface area contributed by atoms with Gasteiger partial charge in [-0.15, -0.1) is 11.3 Å². The molecule has 3 rings (SSSR count). The van der Waals surface area contributed by atoms with Crippen molar-refractivity contribution in [1.82, 2.24) is 10.3 Å². The van der Waals surface area contributed by atoms with Crippen LogP contribution in [0.1, 0.15) is 41.8 Å². The minimum absolute atomic E-state index is 0.0104. The molecule has 0 aliphatic heterocycles. The minimum Gasteiger partial charge on any atom is -0.347 e. The van der Waals surface area contributed by atoms with Crippen molar-refractivity contribution in [2.75, 3.05) is 11.9 Å². The van der Waals surface area contributed by atoms with Crippen molar-refractivity contribution < 1.29 is 9.59 Å². The predicted molar refractivity (Wildman–Crippen MR) is 95.3 cm³/mol. The molecule has 24 heavy (non-hydrogen) atoms. The fraction of sp³-hybridized carbons (Fsp3) is 0.389. The molecule has 2 aromatic rings. The summed E-state index contributed by atoms with van der Waals surface area (Å²) in [6, 6.07) is 10.5. The molecule has 0 radical (unpaired) electrons. The summed E-state index contributed by atoms with van der Waals surface area (Å²) in [6.07, 6.45) is 3.37. The van der Waals surface area contributed by atoms with Crippen LogP contribution >= 0.6 is 11.3 Å². The molecular formula is C18H21N3O2S. The maximum absolute atomic E-state index is 11.9. The van der Waals surface area contributed by atoms with Crippen LogP contribution in [0.3, 0.4) is 0 Å². The second-order valence-corrected chi connectivity index (χ2v) is 7.00. The number of benzene rings is 1. The van der Waals surface area contributed by atoms with Gasteiger partial charge in [0.15, 0.2) is 5.13 Å². The Bertz CT molecular complexity index is 727. The zero-order valence-corrected chi connectivity index (χ0v) is 14.5. The lowest BCUT2D eigenvalue weighted by Gasteiger charge is -2.21. The third-order valence-electron chi connectivity index (χ3n) is 4.22. The second kappa shape index (κ2) is 7.57. The summed E-state index contributed by atoms with van der Waals surface area (Å²) in [5.74, 6) is 0.156. The summed E-state index contributed by atoms with van der Waals surface area (Å²) < 4.78 is 0. The molecule has 0 saturated heterocycles. The fourth-order valence-electron chi connectivity index (χ4n) is 2.91. The molecule has 0 fully saturated rings. The van der Waals surface area contributed by atoms with E-state index in [1.54, 1.807) is 18.3 Å². The number of anilines is 1. The van der Waals surface area contributed by atoms with Gasteiger partial charge in [-0.3, -0.25) is 9.59 Å². The molecule has 2 N–H and O–H groups in total. The standard InChI is InChI=1S/C18H21N3O2S/c1-2-16(22)19-11-17(23)21-18-20-14-9-8-13(10-15(14)24-18)12-6-4-3-5-7-12/h3-7,13H,2,8-11H2,1H3,(H,19,22)(H,20,21,23)/t13-/m1/s1. The van der Waals surface area contributed by atoms with Crippen LogP contribution in [-0.2, 0) is 22.4 Å². The fourth-order valence-corrected chi connectivity index (χ4v) is 4.01. The Morgan fingerprint density at radius 3 is 2.79 bits per heavy atom. The Morgan fingerprint density at radius 2 is 2.04 bits per heavy atom. The third-order valence-corrected chi connectivity index (χ3v) is 5.26. The molecule has 0 saturated carbocycles. The first-order chi connectivity index (χ1) is 11.7. The molecule has 1 aromatic carbocycles. The Kier molecular flexibility index (Phi) is 5.25. The molecule has 126 valence electrons. The molecule has 2 amide bonds. The van der Waals surface area contributed by atoms with Gasteiger partial charge < -0.3 is 10.6 Å². The Balaban J connectivity index is 1.61.